The Morgan fingerprint density at radius 3 is 2.74 bits per heavy atom. The Bertz CT molecular complexity index is 351. The summed E-state index contributed by atoms with van der Waals surface area (Å²) < 4.78 is 7.65. The number of aryl methyl sites for hydroxylation is 1. The summed E-state index contributed by atoms with van der Waals surface area (Å²) in [6.45, 7) is 12.2. The molecule has 1 heterocycles. The molecular weight excluding hydrogens is 240 g/mol. The Labute approximate surface area is 116 Å². The molecule has 1 aromatic heterocycles. The van der Waals surface area contributed by atoms with Gasteiger partial charge in [-0.15, -0.1) is 5.10 Å². The average molecular weight is 268 g/mol. The Morgan fingerprint density at radius 2 is 2.11 bits per heavy atom. The monoisotopic (exact) mass is 268 g/mol. The van der Waals surface area contributed by atoms with Crippen LogP contribution in [0.25, 0.3) is 0 Å². The molecule has 1 atom stereocenters. The molecule has 0 saturated carbocycles. The lowest BCUT2D eigenvalue weighted by molar-refractivity contribution is 0.0392. The number of aromatic nitrogens is 3. The molecule has 0 bridgehead atoms. The van der Waals surface area contributed by atoms with Crippen molar-refractivity contribution in [3.63, 3.8) is 0 Å². The van der Waals surface area contributed by atoms with Gasteiger partial charge in [0, 0.05) is 25.9 Å². The Morgan fingerprint density at radius 1 is 1.37 bits per heavy atom. The van der Waals surface area contributed by atoms with Crippen LogP contribution in [0, 0.1) is 5.92 Å². The van der Waals surface area contributed by atoms with Crippen molar-refractivity contribution in [1.82, 2.24) is 19.9 Å². The molecule has 0 aromatic carbocycles. The maximum atomic E-state index is 5.74. The van der Waals surface area contributed by atoms with Gasteiger partial charge in [0.2, 0.25) is 0 Å². The summed E-state index contributed by atoms with van der Waals surface area (Å²) >= 11 is 0. The van der Waals surface area contributed by atoms with Crippen molar-refractivity contribution in [1.29, 1.82) is 0 Å². The van der Waals surface area contributed by atoms with Gasteiger partial charge in [-0.05, 0) is 32.9 Å². The fraction of sp³-hybridized carbons (Fsp3) is 0.857. The lowest BCUT2D eigenvalue weighted by Crippen LogP contribution is -2.17. The lowest BCUT2D eigenvalue weighted by Gasteiger charge is -2.14. The minimum Gasteiger partial charge on any atom is -0.378 e. The Balaban J connectivity index is 2.29. The van der Waals surface area contributed by atoms with Crippen molar-refractivity contribution in [2.45, 2.75) is 53.3 Å². The van der Waals surface area contributed by atoms with Crippen LogP contribution in [0.2, 0.25) is 0 Å². The van der Waals surface area contributed by atoms with Gasteiger partial charge in [0.05, 0.1) is 11.8 Å². The molecular formula is C14H28N4O. The minimum absolute atomic E-state index is 0.272. The normalized spacial score (nSPS) is 13.4. The predicted molar refractivity (Wildman–Crippen MR) is 76.9 cm³/mol. The molecule has 110 valence electrons. The molecule has 5 heteroatoms. The molecule has 0 amide bonds. The summed E-state index contributed by atoms with van der Waals surface area (Å²) in [7, 11) is 2.08. The first-order chi connectivity index (χ1) is 9.01. The predicted octanol–water partition coefficient (Wildman–Crippen LogP) is 2.18. The van der Waals surface area contributed by atoms with Crippen LogP contribution in [0.3, 0.4) is 0 Å². The molecule has 0 aliphatic rings. The van der Waals surface area contributed by atoms with Gasteiger partial charge in [0.1, 0.15) is 0 Å². The first-order valence-corrected chi connectivity index (χ1v) is 7.20. The van der Waals surface area contributed by atoms with Gasteiger partial charge in [-0.2, -0.15) is 0 Å². The fourth-order valence-electron chi connectivity index (χ4n) is 1.66. The van der Waals surface area contributed by atoms with E-state index in [0.29, 0.717) is 5.92 Å². The second-order valence-corrected chi connectivity index (χ2v) is 5.63. The maximum absolute atomic E-state index is 5.74. The smallest absolute Gasteiger partial charge is 0.0967 e. The summed E-state index contributed by atoms with van der Waals surface area (Å²) in [6, 6.07) is 0. The van der Waals surface area contributed by atoms with E-state index in [4.69, 9.17) is 4.74 Å². The molecule has 1 unspecified atom stereocenters. The molecule has 0 N–H and O–H groups in total. The van der Waals surface area contributed by atoms with Gasteiger partial charge < -0.3 is 9.64 Å². The summed E-state index contributed by atoms with van der Waals surface area (Å²) in [5.74, 6) is 0.588. The zero-order valence-electron chi connectivity index (χ0n) is 13.0. The molecule has 0 saturated heterocycles. The molecule has 1 rings (SSSR count). The van der Waals surface area contributed by atoms with Crippen LogP contribution < -0.4 is 0 Å². The highest BCUT2D eigenvalue weighted by molar-refractivity contribution is 4.91. The summed E-state index contributed by atoms with van der Waals surface area (Å²) in [4.78, 5) is 2.21. The quantitative estimate of drug-likeness (QED) is 0.688. The molecule has 1 aromatic rings. The molecule has 0 aliphatic heterocycles. The van der Waals surface area contributed by atoms with E-state index < -0.39 is 0 Å². The number of hydrogen-bond acceptors (Lipinski definition) is 4. The van der Waals surface area contributed by atoms with Gasteiger partial charge in [0.15, 0.2) is 0 Å². The zero-order valence-corrected chi connectivity index (χ0v) is 13.0. The fourth-order valence-corrected chi connectivity index (χ4v) is 1.66. The summed E-state index contributed by atoms with van der Waals surface area (Å²) in [5, 5.41) is 8.34. The Kier molecular flexibility index (Phi) is 7.02. The van der Waals surface area contributed by atoms with Crippen molar-refractivity contribution in [2.75, 3.05) is 20.2 Å². The summed E-state index contributed by atoms with van der Waals surface area (Å²) in [6.07, 6.45) is 3.27. The van der Waals surface area contributed by atoms with Gasteiger partial charge in [0.25, 0.3) is 0 Å². The van der Waals surface area contributed by atoms with Gasteiger partial charge in [-0.3, -0.25) is 4.68 Å². The van der Waals surface area contributed by atoms with Crippen LogP contribution in [0.15, 0.2) is 6.20 Å². The second kappa shape index (κ2) is 8.27. The molecule has 5 nitrogen and oxygen atoms in total. The van der Waals surface area contributed by atoms with E-state index in [0.717, 1.165) is 38.4 Å². The van der Waals surface area contributed by atoms with E-state index in [-0.39, 0.29) is 6.10 Å². The molecule has 0 aliphatic carbocycles. The highest BCUT2D eigenvalue weighted by atomic mass is 16.5. The number of rotatable bonds is 9. The van der Waals surface area contributed by atoms with Crippen molar-refractivity contribution in [3.8, 4) is 0 Å². The third-order valence-electron chi connectivity index (χ3n) is 3.04. The molecule has 0 fully saturated rings. The topological polar surface area (TPSA) is 43.2 Å². The van der Waals surface area contributed by atoms with E-state index in [1.165, 1.54) is 0 Å². The Hall–Kier alpha value is -0.940. The number of hydrogen-bond donors (Lipinski definition) is 0. The van der Waals surface area contributed by atoms with Crippen LogP contribution >= 0.6 is 0 Å². The molecule has 0 radical (unpaired) electrons. The third kappa shape index (κ3) is 6.68. The highest BCUT2D eigenvalue weighted by Gasteiger charge is 2.07. The average Bonchev–Trinajstić information content (AvgIpc) is 2.81. The van der Waals surface area contributed by atoms with Gasteiger partial charge >= 0.3 is 0 Å². The van der Waals surface area contributed by atoms with Crippen LogP contribution in [0.4, 0.5) is 0 Å². The SMILES string of the molecule is CCN(C)Cc1cn(CCC(C)OCC(C)C)nn1. The van der Waals surface area contributed by atoms with E-state index >= 15 is 0 Å². The van der Waals surface area contributed by atoms with Crippen LogP contribution in [0.5, 0.6) is 0 Å². The van der Waals surface area contributed by atoms with Crippen LogP contribution in [-0.2, 0) is 17.8 Å². The van der Waals surface area contributed by atoms with E-state index in [1.54, 1.807) is 0 Å². The van der Waals surface area contributed by atoms with Crippen molar-refractivity contribution in [2.24, 2.45) is 5.92 Å². The maximum Gasteiger partial charge on any atom is 0.0967 e. The van der Waals surface area contributed by atoms with Gasteiger partial charge in [-0.1, -0.05) is 26.0 Å². The van der Waals surface area contributed by atoms with Gasteiger partial charge in [-0.25, -0.2) is 0 Å². The van der Waals surface area contributed by atoms with Crippen LogP contribution in [0.1, 0.15) is 39.8 Å². The third-order valence-corrected chi connectivity index (χ3v) is 3.04. The first kappa shape index (κ1) is 16.1. The first-order valence-electron chi connectivity index (χ1n) is 7.20. The van der Waals surface area contributed by atoms with E-state index in [9.17, 15) is 0 Å². The summed E-state index contributed by atoms with van der Waals surface area (Å²) in [5.41, 5.74) is 1.03. The van der Waals surface area contributed by atoms with Crippen molar-refractivity contribution in [3.05, 3.63) is 11.9 Å². The lowest BCUT2D eigenvalue weighted by atomic mass is 10.2. The molecule has 0 spiro atoms. The molecule has 19 heavy (non-hydrogen) atoms. The largest absolute Gasteiger partial charge is 0.378 e. The second-order valence-electron chi connectivity index (χ2n) is 5.63. The minimum atomic E-state index is 0.272. The van der Waals surface area contributed by atoms with E-state index in [1.807, 2.05) is 10.9 Å². The van der Waals surface area contributed by atoms with E-state index in [2.05, 4.69) is 50.0 Å². The van der Waals surface area contributed by atoms with Crippen molar-refractivity contribution >= 4 is 0 Å². The van der Waals surface area contributed by atoms with Crippen LogP contribution in [-0.4, -0.2) is 46.2 Å². The highest BCUT2D eigenvalue weighted by Crippen LogP contribution is 2.04. The zero-order chi connectivity index (χ0) is 14.3. The standard InChI is InChI=1S/C14H28N4O/c1-6-17(5)9-14-10-18(16-15-14)8-7-13(4)19-11-12(2)3/h10,12-13H,6-9,11H2,1-5H3. The van der Waals surface area contributed by atoms with Crippen molar-refractivity contribution < 1.29 is 4.74 Å². The number of ether oxygens (including phenoxy) is 1. The number of nitrogens with zero attached hydrogens (tertiary/aromatic N) is 4.